The van der Waals surface area contributed by atoms with Crippen LogP contribution in [0.5, 0.6) is 5.75 Å². The Morgan fingerprint density at radius 1 is 1.15 bits per heavy atom. The van der Waals surface area contributed by atoms with E-state index in [2.05, 4.69) is 0 Å². The number of carbonyl (C=O) groups is 2. The Morgan fingerprint density at radius 3 is 2.31 bits per heavy atom. The lowest BCUT2D eigenvalue weighted by atomic mass is 9.82. The minimum absolute atomic E-state index is 0.0660. The molecule has 0 aliphatic heterocycles. The van der Waals surface area contributed by atoms with Gasteiger partial charge in [0.1, 0.15) is 5.75 Å². The van der Waals surface area contributed by atoms with E-state index in [-0.39, 0.29) is 39.7 Å². The Hall–Kier alpha value is -1.46. The summed E-state index contributed by atoms with van der Waals surface area (Å²) in [6.07, 6.45) is 6.56. The molecule has 26 heavy (non-hydrogen) atoms. The highest BCUT2D eigenvalue weighted by Crippen LogP contribution is 2.60. The van der Waals surface area contributed by atoms with Crippen molar-refractivity contribution >= 4 is 35.0 Å². The van der Waals surface area contributed by atoms with Gasteiger partial charge in [-0.2, -0.15) is 0 Å². The second kappa shape index (κ2) is 6.03. The summed E-state index contributed by atoms with van der Waals surface area (Å²) >= 11 is 12.1. The lowest BCUT2D eigenvalue weighted by molar-refractivity contribution is -0.127. The zero-order valence-electron chi connectivity index (χ0n) is 14.4. The van der Waals surface area contributed by atoms with Crippen molar-refractivity contribution in [3.05, 3.63) is 27.7 Å². The molecule has 0 saturated heterocycles. The molecule has 2 amide bonds. The lowest BCUT2D eigenvalue weighted by Gasteiger charge is -2.48. The molecule has 3 aliphatic rings. The Kier molecular flexibility index (Phi) is 4.16. The first kappa shape index (κ1) is 17.9. The van der Waals surface area contributed by atoms with Crippen molar-refractivity contribution < 1.29 is 14.7 Å². The Balaban J connectivity index is 1.74. The van der Waals surface area contributed by atoms with Crippen LogP contribution in [0.4, 0.5) is 0 Å². The number of nitrogens with two attached hydrogens (primary N) is 1. The molecule has 140 valence electrons. The number of rotatable bonds is 4. The summed E-state index contributed by atoms with van der Waals surface area (Å²) in [6.45, 7) is 0. The lowest BCUT2D eigenvalue weighted by Crippen LogP contribution is -2.56. The van der Waals surface area contributed by atoms with Gasteiger partial charge in [-0.15, -0.1) is 0 Å². The number of hydrogen-bond acceptors (Lipinski definition) is 3. The SMILES string of the molecule is NC(=O)C12CCC(N(C(=O)c3cc(Cl)cc(Cl)c3O)C3CCC3)(CC1)C2. The van der Waals surface area contributed by atoms with Crippen LogP contribution in [-0.4, -0.2) is 33.4 Å². The smallest absolute Gasteiger partial charge is 0.258 e. The van der Waals surface area contributed by atoms with Crippen molar-refractivity contribution in [2.75, 3.05) is 0 Å². The molecular weight excluding hydrogens is 375 g/mol. The fourth-order valence-electron chi connectivity index (χ4n) is 5.11. The molecule has 1 aromatic carbocycles. The fourth-order valence-corrected chi connectivity index (χ4v) is 5.60. The Labute approximate surface area is 162 Å². The molecule has 0 heterocycles. The second-order valence-corrected chi connectivity index (χ2v) is 8.93. The number of carbonyl (C=O) groups excluding carboxylic acids is 2. The maximum absolute atomic E-state index is 13.5. The summed E-state index contributed by atoms with van der Waals surface area (Å²) < 4.78 is 0. The predicted molar refractivity (Wildman–Crippen MR) is 99.4 cm³/mol. The maximum Gasteiger partial charge on any atom is 0.258 e. The summed E-state index contributed by atoms with van der Waals surface area (Å²) in [7, 11) is 0. The number of hydrogen-bond donors (Lipinski definition) is 2. The van der Waals surface area contributed by atoms with Crippen LogP contribution in [0, 0.1) is 5.41 Å². The van der Waals surface area contributed by atoms with Crippen LogP contribution in [0.25, 0.3) is 0 Å². The van der Waals surface area contributed by atoms with Gasteiger partial charge in [0.05, 0.1) is 16.0 Å². The molecule has 3 aliphatic carbocycles. The molecule has 3 N–H and O–H groups in total. The minimum Gasteiger partial charge on any atom is -0.506 e. The van der Waals surface area contributed by atoms with E-state index in [0.717, 1.165) is 44.9 Å². The monoisotopic (exact) mass is 396 g/mol. The number of aromatic hydroxyl groups is 1. The van der Waals surface area contributed by atoms with Crippen LogP contribution >= 0.6 is 23.2 Å². The summed E-state index contributed by atoms with van der Waals surface area (Å²) in [4.78, 5) is 27.4. The normalized spacial score (nSPS) is 30.2. The highest BCUT2D eigenvalue weighted by molar-refractivity contribution is 6.36. The highest BCUT2D eigenvalue weighted by Gasteiger charge is 2.61. The molecule has 0 atom stereocenters. The minimum atomic E-state index is -0.490. The average molecular weight is 397 g/mol. The van der Waals surface area contributed by atoms with Gasteiger partial charge in [-0.05, 0) is 63.5 Å². The first-order valence-electron chi connectivity index (χ1n) is 9.10. The molecule has 5 nitrogen and oxygen atoms in total. The molecule has 3 saturated carbocycles. The van der Waals surface area contributed by atoms with Gasteiger partial charge in [0.15, 0.2) is 0 Å². The van der Waals surface area contributed by atoms with Gasteiger partial charge in [-0.1, -0.05) is 23.2 Å². The number of nitrogens with zero attached hydrogens (tertiary/aromatic N) is 1. The number of fused-ring (bicyclic) bond motifs is 2. The summed E-state index contributed by atoms with van der Waals surface area (Å²) in [5, 5.41) is 10.7. The number of halogens is 2. The third-order valence-corrected chi connectivity index (χ3v) is 7.26. The molecule has 0 unspecified atom stereocenters. The van der Waals surface area contributed by atoms with Gasteiger partial charge >= 0.3 is 0 Å². The first-order valence-corrected chi connectivity index (χ1v) is 9.85. The number of phenolic OH excluding ortho intramolecular Hbond substituents is 1. The Bertz CT molecular complexity index is 783. The standard InChI is InChI=1S/C19H22Cl2N2O3/c20-11-8-13(15(24)14(21)9-11)16(25)23(12-2-1-3-12)19-6-4-18(10-19,5-7-19)17(22)26/h8-9,12,24H,1-7,10H2,(H2,22,26). The van der Waals surface area contributed by atoms with E-state index >= 15 is 0 Å². The molecule has 0 aromatic heterocycles. The van der Waals surface area contributed by atoms with Crippen molar-refractivity contribution in [1.29, 1.82) is 0 Å². The largest absolute Gasteiger partial charge is 0.506 e. The van der Waals surface area contributed by atoms with Gasteiger partial charge < -0.3 is 15.7 Å². The molecular formula is C19H22Cl2N2O3. The molecule has 0 spiro atoms. The summed E-state index contributed by atoms with van der Waals surface area (Å²) in [5.74, 6) is -0.746. The van der Waals surface area contributed by atoms with E-state index in [9.17, 15) is 14.7 Å². The number of amides is 2. The van der Waals surface area contributed by atoms with Gasteiger partial charge in [-0.25, -0.2) is 0 Å². The molecule has 4 rings (SSSR count). The number of phenols is 1. The van der Waals surface area contributed by atoms with Crippen LogP contribution in [-0.2, 0) is 4.79 Å². The molecule has 7 heteroatoms. The molecule has 1 aromatic rings. The van der Waals surface area contributed by atoms with Gasteiger partial charge in [-0.3, -0.25) is 9.59 Å². The van der Waals surface area contributed by atoms with Gasteiger partial charge in [0, 0.05) is 16.6 Å². The third kappa shape index (κ3) is 2.51. The molecule has 3 fully saturated rings. The topological polar surface area (TPSA) is 83.6 Å². The first-order chi connectivity index (χ1) is 12.3. The van der Waals surface area contributed by atoms with E-state index in [1.165, 1.54) is 12.1 Å². The Morgan fingerprint density at radius 2 is 1.81 bits per heavy atom. The quantitative estimate of drug-likeness (QED) is 0.809. The van der Waals surface area contributed by atoms with E-state index in [0.29, 0.717) is 11.4 Å². The van der Waals surface area contributed by atoms with Crippen LogP contribution in [0.2, 0.25) is 10.0 Å². The van der Waals surface area contributed by atoms with E-state index in [1.807, 2.05) is 4.90 Å². The number of benzene rings is 1. The average Bonchev–Trinajstić information content (AvgIpc) is 3.12. The van der Waals surface area contributed by atoms with Gasteiger partial charge in [0.25, 0.3) is 5.91 Å². The van der Waals surface area contributed by atoms with Crippen molar-refractivity contribution in [3.8, 4) is 5.75 Å². The van der Waals surface area contributed by atoms with Crippen LogP contribution in [0.3, 0.4) is 0 Å². The van der Waals surface area contributed by atoms with E-state index in [1.54, 1.807) is 0 Å². The van der Waals surface area contributed by atoms with Crippen LogP contribution in [0.15, 0.2) is 12.1 Å². The number of primary amides is 1. The van der Waals surface area contributed by atoms with Crippen molar-refractivity contribution in [2.45, 2.75) is 62.9 Å². The molecule has 0 radical (unpaired) electrons. The third-order valence-electron chi connectivity index (χ3n) is 6.76. The zero-order chi connectivity index (χ0) is 18.7. The van der Waals surface area contributed by atoms with Crippen molar-refractivity contribution in [2.24, 2.45) is 11.1 Å². The fraction of sp³-hybridized carbons (Fsp3) is 0.579. The van der Waals surface area contributed by atoms with E-state index in [4.69, 9.17) is 28.9 Å². The summed E-state index contributed by atoms with van der Waals surface area (Å²) in [5.41, 5.74) is 4.96. The maximum atomic E-state index is 13.5. The van der Waals surface area contributed by atoms with Crippen molar-refractivity contribution in [1.82, 2.24) is 4.90 Å². The zero-order valence-corrected chi connectivity index (χ0v) is 15.9. The predicted octanol–water partition coefficient (Wildman–Crippen LogP) is 3.88. The van der Waals surface area contributed by atoms with E-state index < -0.39 is 5.41 Å². The molecule has 2 bridgehead atoms. The van der Waals surface area contributed by atoms with Gasteiger partial charge in [0.2, 0.25) is 5.91 Å². The van der Waals surface area contributed by atoms with Crippen LogP contribution in [0.1, 0.15) is 61.7 Å². The van der Waals surface area contributed by atoms with Crippen molar-refractivity contribution in [3.63, 3.8) is 0 Å². The summed E-state index contributed by atoms with van der Waals surface area (Å²) in [6, 6.07) is 3.02. The van der Waals surface area contributed by atoms with Crippen LogP contribution < -0.4 is 5.73 Å². The second-order valence-electron chi connectivity index (χ2n) is 8.09. The highest BCUT2D eigenvalue weighted by atomic mass is 35.5.